The highest BCUT2D eigenvalue weighted by atomic mass is 32.1. The number of nitrogens with one attached hydrogen (secondary N) is 1. The van der Waals surface area contributed by atoms with Crippen molar-refractivity contribution in [1.29, 1.82) is 0 Å². The maximum Gasteiger partial charge on any atom is 0.262 e. The Morgan fingerprint density at radius 3 is 2.92 bits per heavy atom. The fraction of sp³-hybridized carbons (Fsp3) is 0.632. The third kappa shape index (κ3) is 3.30. The van der Waals surface area contributed by atoms with E-state index in [0.717, 1.165) is 55.4 Å². The van der Waals surface area contributed by atoms with Gasteiger partial charge in [0.1, 0.15) is 4.83 Å². The van der Waals surface area contributed by atoms with Gasteiger partial charge in [0.2, 0.25) is 5.91 Å². The summed E-state index contributed by atoms with van der Waals surface area (Å²) in [6.07, 6.45) is 8.35. The van der Waals surface area contributed by atoms with Gasteiger partial charge >= 0.3 is 0 Å². The first-order valence-corrected chi connectivity index (χ1v) is 10.4. The summed E-state index contributed by atoms with van der Waals surface area (Å²) >= 11 is 1.67. The lowest BCUT2D eigenvalue weighted by molar-refractivity contribution is -0.132. The zero-order chi connectivity index (χ0) is 18.1. The van der Waals surface area contributed by atoms with Gasteiger partial charge in [-0.2, -0.15) is 0 Å². The van der Waals surface area contributed by atoms with Crippen LogP contribution in [0.4, 0.5) is 0 Å². The van der Waals surface area contributed by atoms with Gasteiger partial charge in [-0.3, -0.25) is 14.2 Å². The molecule has 0 bridgehead atoms. The van der Waals surface area contributed by atoms with Crippen LogP contribution in [0.15, 0.2) is 11.1 Å². The fourth-order valence-corrected chi connectivity index (χ4v) is 5.35. The molecule has 1 aliphatic heterocycles. The van der Waals surface area contributed by atoms with Crippen molar-refractivity contribution in [2.75, 3.05) is 20.1 Å². The van der Waals surface area contributed by atoms with E-state index < -0.39 is 0 Å². The van der Waals surface area contributed by atoms with Crippen LogP contribution in [-0.4, -0.2) is 46.5 Å². The van der Waals surface area contributed by atoms with E-state index >= 15 is 0 Å². The number of carbonyl (C=O) groups is 1. The van der Waals surface area contributed by atoms with Gasteiger partial charge in [0, 0.05) is 30.9 Å². The van der Waals surface area contributed by atoms with Crippen LogP contribution in [0.3, 0.4) is 0 Å². The molecule has 140 valence electrons. The van der Waals surface area contributed by atoms with E-state index in [1.807, 2.05) is 11.9 Å². The molecule has 0 saturated carbocycles. The van der Waals surface area contributed by atoms with Crippen LogP contribution in [0.2, 0.25) is 0 Å². The lowest BCUT2D eigenvalue weighted by Crippen LogP contribution is -2.44. The molecular formula is C19H26N4O2S. The molecule has 0 atom stereocenters. The number of fused-ring (bicyclic) bond motifs is 3. The third-order valence-corrected chi connectivity index (χ3v) is 6.96. The van der Waals surface area contributed by atoms with Crippen molar-refractivity contribution in [3.05, 3.63) is 27.1 Å². The number of hydrogen-bond acceptors (Lipinski definition) is 5. The summed E-state index contributed by atoms with van der Waals surface area (Å²) < 4.78 is 1.62. The molecule has 3 heterocycles. The Kier molecular flexibility index (Phi) is 5.09. The molecule has 6 nitrogen and oxygen atoms in total. The summed E-state index contributed by atoms with van der Waals surface area (Å²) in [7, 11) is 1.89. The van der Waals surface area contributed by atoms with Crippen molar-refractivity contribution >= 4 is 27.5 Å². The zero-order valence-electron chi connectivity index (χ0n) is 15.3. The van der Waals surface area contributed by atoms with Crippen molar-refractivity contribution in [2.24, 2.45) is 0 Å². The average Bonchev–Trinajstić information content (AvgIpc) is 3.06. The Morgan fingerprint density at radius 2 is 2.12 bits per heavy atom. The van der Waals surface area contributed by atoms with Crippen LogP contribution in [-0.2, 0) is 24.2 Å². The molecule has 2 aromatic rings. The predicted molar refractivity (Wildman–Crippen MR) is 104 cm³/mol. The maximum atomic E-state index is 12.9. The molecule has 4 rings (SSSR count). The Balaban J connectivity index is 1.49. The summed E-state index contributed by atoms with van der Waals surface area (Å²) in [5.74, 6) is 0.108. The van der Waals surface area contributed by atoms with Crippen LogP contribution in [0.1, 0.15) is 42.5 Å². The molecule has 0 aromatic carbocycles. The van der Waals surface area contributed by atoms with Gasteiger partial charge < -0.3 is 10.2 Å². The lowest BCUT2D eigenvalue weighted by atomic mass is 9.97. The van der Waals surface area contributed by atoms with Gasteiger partial charge in [-0.25, -0.2) is 4.98 Å². The van der Waals surface area contributed by atoms with E-state index in [9.17, 15) is 9.59 Å². The van der Waals surface area contributed by atoms with Gasteiger partial charge in [-0.1, -0.05) is 0 Å². The van der Waals surface area contributed by atoms with Gasteiger partial charge in [-0.05, 0) is 57.2 Å². The predicted octanol–water partition coefficient (Wildman–Crippen LogP) is 1.94. The molecule has 0 spiro atoms. The molecule has 2 aromatic heterocycles. The number of nitrogens with zero attached hydrogens (tertiary/aromatic N) is 3. The summed E-state index contributed by atoms with van der Waals surface area (Å²) in [4.78, 5) is 34.0. The first kappa shape index (κ1) is 17.7. The van der Waals surface area contributed by atoms with Crippen LogP contribution in [0, 0.1) is 0 Å². The highest BCUT2D eigenvalue weighted by molar-refractivity contribution is 7.18. The molecule has 1 amide bonds. The third-order valence-electron chi connectivity index (χ3n) is 5.76. The molecule has 7 heteroatoms. The molecule has 1 saturated heterocycles. The first-order valence-electron chi connectivity index (χ1n) is 9.61. The molecular weight excluding hydrogens is 348 g/mol. The summed E-state index contributed by atoms with van der Waals surface area (Å²) in [5, 5.41) is 4.12. The van der Waals surface area contributed by atoms with E-state index in [1.165, 1.54) is 16.9 Å². The van der Waals surface area contributed by atoms with E-state index in [2.05, 4.69) is 10.3 Å². The monoisotopic (exact) mass is 374 g/mol. The number of thiophene rings is 1. The second kappa shape index (κ2) is 7.48. The van der Waals surface area contributed by atoms with Crippen LogP contribution in [0.5, 0.6) is 0 Å². The minimum Gasteiger partial charge on any atom is -0.343 e. The minimum atomic E-state index is 0.0201. The number of aryl methyl sites for hydroxylation is 3. The number of amides is 1. The van der Waals surface area contributed by atoms with Crippen molar-refractivity contribution in [2.45, 2.75) is 57.5 Å². The van der Waals surface area contributed by atoms with Gasteiger partial charge in [0.15, 0.2) is 0 Å². The minimum absolute atomic E-state index is 0.0201. The van der Waals surface area contributed by atoms with E-state index in [0.29, 0.717) is 19.0 Å². The average molecular weight is 375 g/mol. The second-order valence-corrected chi connectivity index (χ2v) is 8.45. The van der Waals surface area contributed by atoms with Crippen molar-refractivity contribution in [1.82, 2.24) is 19.8 Å². The summed E-state index contributed by atoms with van der Waals surface area (Å²) in [6.45, 7) is 2.33. The fourth-order valence-electron chi connectivity index (χ4n) is 4.13. The molecule has 26 heavy (non-hydrogen) atoms. The second-order valence-electron chi connectivity index (χ2n) is 7.37. The number of rotatable bonds is 4. The van der Waals surface area contributed by atoms with Crippen molar-refractivity contribution in [3.63, 3.8) is 0 Å². The molecule has 0 unspecified atom stereocenters. The molecule has 1 fully saturated rings. The van der Waals surface area contributed by atoms with Gasteiger partial charge in [-0.15, -0.1) is 11.3 Å². The smallest absolute Gasteiger partial charge is 0.262 e. The summed E-state index contributed by atoms with van der Waals surface area (Å²) in [6, 6.07) is 0.310. The molecule has 2 aliphatic rings. The van der Waals surface area contributed by atoms with Gasteiger partial charge in [0.25, 0.3) is 5.56 Å². The molecule has 1 aliphatic carbocycles. The highest BCUT2D eigenvalue weighted by Crippen LogP contribution is 2.33. The lowest BCUT2D eigenvalue weighted by Gasteiger charge is -2.31. The number of piperidine rings is 1. The zero-order valence-corrected chi connectivity index (χ0v) is 16.1. The van der Waals surface area contributed by atoms with Crippen LogP contribution < -0.4 is 10.9 Å². The standard InChI is InChI=1S/C19H26N4O2S/c1-22(13-6-9-20-10-7-13)16(24)8-11-23-12-21-18-17(19(23)25)14-4-2-3-5-15(14)26-18/h12-13,20H,2-11H2,1H3. The van der Waals surface area contributed by atoms with Crippen molar-refractivity contribution in [3.8, 4) is 0 Å². The normalized spacial score (nSPS) is 18.0. The van der Waals surface area contributed by atoms with Crippen LogP contribution in [0.25, 0.3) is 10.2 Å². The van der Waals surface area contributed by atoms with E-state index in [-0.39, 0.29) is 11.5 Å². The van der Waals surface area contributed by atoms with Crippen molar-refractivity contribution < 1.29 is 4.79 Å². The Morgan fingerprint density at radius 1 is 1.35 bits per heavy atom. The highest BCUT2D eigenvalue weighted by Gasteiger charge is 2.23. The first-order chi connectivity index (χ1) is 12.6. The van der Waals surface area contributed by atoms with E-state index in [1.54, 1.807) is 22.2 Å². The Bertz CT molecular complexity index is 866. The Hall–Kier alpha value is -1.73. The topological polar surface area (TPSA) is 67.2 Å². The molecule has 0 radical (unpaired) electrons. The number of aromatic nitrogens is 2. The van der Waals surface area contributed by atoms with E-state index in [4.69, 9.17) is 0 Å². The quantitative estimate of drug-likeness (QED) is 0.888. The largest absolute Gasteiger partial charge is 0.343 e. The van der Waals surface area contributed by atoms with Crippen LogP contribution >= 0.6 is 11.3 Å². The molecule has 1 N–H and O–H groups in total. The Labute approximate surface area is 157 Å². The number of carbonyl (C=O) groups excluding carboxylic acids is 1. The number of hydrogen-bond donors (Lipinski definition) is 1. The SMILES string of the molecule is CN(C(=O)CCn1cnc2sc3c(c2c1=O)CCCC3)C1CCNCC1. The van der Waals surface area contributed by atoms with Gasteiger partial charge in [0.05, 0.1) is 11.7 Å². The maximum absolute atomic E-state index is 12.9. The summed E-state index contributed by atoms with van der Waals surface area (Å²) in [5.41, 5.74) is 1.23.